The van der Waals surface area contributed by atoms with Gasteiger partial charge in [0, 0.05) is 22.3 Å². The van der Waals surface area contributed by atoms with Crippen LogP contribution in [0.25, 0.3) is 10.8 Å². The SMILES string of the molecule is O=C(O)N(Cc1ccc2cncc(Br)c2c1)c1ccnnc1. The first kappa shape index (κ1) is 14.4. The third-order valence-corrected chi connectivity index (χ3v) is 3.86. The van der Waals surface area contributed by atoms with Gasteiger partial charge in [-0.05, 0) is 39.0 Å². The van der Waals surface area contributed by atoms with Crippen molar-refractivity contribution in [3.8, 4) is 0 Å². The van der Waals surface area contributed by atoms with Gasteiger partial charge in [0.25, 0.3) is 0 Å². The molecule has 1 amide bonds. The molecule has 0 bridgehead atoms. The smallest absolute Gasteiger partial charge is 0.412 e. The van der Waals surface area contributed by atoms with Crippen LogP contribution in [0.3, 0.4) is 0 Å². The van der Waals surface area contributed by atoms with Crippen LogP contribution in [0.1, 0.15) is 5.56 Å². The monoisotopic (exact) mass is 358 g/mol. The molecule has 22 heavy (non-hydrogen) atoms. The van der Waals surface area contributed by atoms with Crippen LogP contribution in [0.15, 0.2) is 53.5 Å². The lowest BCUT2D eigenvalue weighted by atomic mass is 10.1. The Bertz CT molecular complexity index is 826. The normalized spacial score (nSPS) is 10.6. The molecular formula is C15H11BrN4O2. The molecule has 2 heterocycles. The molecule has 0 aliphatic carbocycles. The lowest BCUT2D eigenvalue weighted by molar-refractivity contribution is 0.201. The molecule has 110 valence electrons. The standard InChI is InChI=1S/C15H11BrN4O2/c16-14-8-17-6-11-2-1-10(5-13(11)14)9-20(15(21)22)12-3-4-18-19-7-12/h1-8H,9H2,(H,21,22). The van der Waals surface area contributed by atoms with Crippen molar-refractivity contribution in [2.45, 2.75) is 6.54 Å². The van der Waals surface area contributed by atoms with Crippen molar-refractivity contribution in [2.24, 2.45) is 0 Å². The van der Waals surface area contributed by atoms with Crippen molar-refractivity contribution in [1.82, 2.24) is 15.2 Å². The van der Waals surface area contributed by atoms with E-state index < -0.39 is 6.09 Å². The fraction of sp³-hybridized carbons (Fsp3) is 0.0667. The minimum atomic E-state index is -1.04. The largest absolute Gasteiger partial charge is 0.465 e. The van der Waals surface area contributed by atoms with Crippen molar-refractivity contribution in [3.05, 3.63) is 59.1 Å². The number of pyridine rings is 1. The Hall–Kier alpha value is -2.54. The zero-order chi connectivity index (χ0) is 15.5. The summed E-state index contributed by atoms with van der Waals surface area (Å²) in [4.78, 5) is 16.8. The van der Waals surface area contributed by atoms with E-state index in [4.69, 9.17) is 0 Å². The van der Waals surface area contributed by atoms with Gasteiger partial charge in [0.2, 0.25) is 0 Å². The van der Waals surface area contributed by atoms with Gasteiger partial charge < -0.3 is 5.11 Å². The summed E-state index contributed by atoms with van der Waals surface area (Å²) in [5.41, 5.74) is 1.36. The van der Waals surface area contributed by atoms with Gasteiger partial charge in [0.05, 0.1) is 24.6 Å². The van der Waals surface area contributed by atoms with Crippen molar-refractivity contribution < 1.29 is 9.90 Å². The zero-order valence-electron chi connectivity index (χ0n) is 11.3. The summed E-state index contributed by atoms with van der Waals surface area (Å²) in [6, 6.07) is 7.38. The molecule has 0 unspecified atom stereocenters. The van der Waals surface area contributed by atoms with E-state index >= 15 is 0 Å². The fourth-order valence-corrected chi connectivity index (χ4v) is 2.63. The number of carbonyl (C=O) groups is 1. The number of aromatic nitrogens is 3. The fourth-order valence-electron chi connectivity index (χ4n) is 2.17. The number of hydrogen-bond acceptors (Lipinski definition) is 4. The average Bonchev–Trinajstić information content (AvgIpc) is 2.54. The van der Waals surface area contributed by atoms with Crippen LogP contribution in [-0.2, 0) is 6.54 Å². The van der Waals surface area contributed by atoms with E-state index in [-0.39, 0.29) is 6.54 Å². The van der Waals surface area contributed by atoms with E-state index in [9.17, 15) is 9.90 Å². The lowest BCUT2D eigenvalue weighted by Crippen LogP contribution is -2.28. The molecule has 0 aliphatic heterocycles. The topological polar surface area (TPSA) is 79.2 Å². The summed E-state index contributed by atoms with van der Waals surface area (Å²) >= 11 is 3.46. The maximum absolute atomic E-state index is 11.5. The number of anilines is 1. The summed E-state index contributed by atoms with van der Waals surface area (Å²) in [5, 5.41) is 18.8. The molecule has 6 nitrogen and oxygen atoms in total. The minimum Gasteiger partial charge on any atom is -0.465 e. The quantitative estimate of drug-likeness (QED) is 0.775. The molecule has 0 saturated heterocycles. The maximum atomic E-state index is 11.5. The maximum Gasteiger partial charge on any atom is 0.412 e. The molecule has 0 atom stereocenters. The highest BCUT2D eigenvalue weighted by Gasteiger charge is 2.15. The highest BCUT2D eigenvalue weighted by atomic mass is 79.9. The van der Waals surface area contributed by atoms with E-state index in [1.54, 1.807) is 18.5 Å². The zero-order valence-corrected chi connectivity index (χ0v) is 12.9. The van der Waals surface area contributed by atoms with Crippen LogP contribution in [0.2, 0.25) is 0 Å². The van der Waals surface area contributed by atoms with Crippen molar-refractivity contribution >= 4 is 38.5 Å². The van der Waals surface area contributed by atoms with Crippen LogP contribution in [0.4, 0.5) is 10.5 Å². The Kier molecular flexibility index (Phi) is 3.97. The van der Waals surface area contributed by atoms with E-state index in [1.165, 1.54) is 17.3 Å². The number of nitrogens with zero attached hydrogens (tertiary/aromatic N) is 4. The van der Waals surface area contributed by atoms with Crippen LogP contribution in [0, 0.1) is 0 Å². The van der Waals surface area contributed by atoms with E-state index in [0.29, 0.717) is 5.69 Å². The Morgan fingerprint density at radius 1 is 1.18 bits per heavy atom. The molecule has 3 rings (SSSR count). The molecule has 0 radical (unpaired) electrons. The first-order valence-electron chi connectivity index (χ1n) is 6.44. The van der Waals surface area contributed by atoms with Gasteiger partial charge >= 0.3 is 6.09 Å². The van der Waals surface area contributed by atoms with Crippen LogP contribution >= 0.6 is 15.9 Å². The number of fused-ring (bicyclic) bond motifs is 1. The Labute approximate surface area is 134 Å². The molecule has 0 saturated carbocycles. The van der Waals surface area contributed by atoms with Gasteiger partial charge in [-0.2, -0.15) is 10.2 Å². The molecule has 0 spiro atoms. The van der Waals surface area contributed by atoms with Gasteiger partial charge in [0.1, 0.15) is 0 Å². The summed E-state index contributed by atoms with van der Waals surface area (Å²) in [7, 11) is 0. The predicted molar refractivity (Wildman–Crippen MR) is 85.7 cm³/mol. The van der Waals surface area contributed by atoms with Crippen LogP contribution in [-0.4, -0.2) is 26.4 Å². The van der Waals surface area contributed by atoms with Crippen molar-refractivity contribution in [3.63, 3.8) is 0 Å². The van der Waals surface area contributed by atoms with Gasteiger partial charge in [-0.15, -0.1) is 0 Å². The number of carboxylic acid groups (broad SMARTS) is 1. The molecule has 3 aromatic rings. The second-order valence-corrected chi connectivity index (χ2v) is 5.50. The summed E-state index contributed by atoms with van der Waals surface area (Å²) < 4.78 is 0.874. The molecule has 1 aromatic carbocycles. The first-order chi connectivity index (χ1) is 10.6. The molecule has 2 aromatic heterocycles. The molecule has 0 aliphatic rings. The number of rotatable bonds is 3. The molecular weight excluding hydrogens is 348 g/mol. The number of amides is 1. The third kappa shape index (κ3) is 2.89. The summed E-state index contributed by atoms with van der Waals surface area (Å²) in [5.74, 6) is 0. The average molecular weight is 359 g/mol. The number of hydrogen-bond donors (Lipinski definition) is 1. The van der Waals surface area contributed by atoms with Gasteiger partial charge in [-0.1, -0.05) is 12.1 Å². The third-order valence-electron chi connectivity index (χ3n) is 3.23. The Morgan fingerprint density at radius 3 is 2.77 bits per heavy atom. The van der Waals surface area contributed by atoms with Gasteiger partial charge in [-0.3, -0.25) is 9.88 Å². The highest BCUT2D eigenvalue weighted by molar-refractivity contribution is 9.10. The number of benzene rings is 1. The molecule has 0 fully saturated rings. The first-order valence-corrected chi connectivity index (χ1v) is 7.24. The Morgan fingerprint density at radius 2 is 2.05 bits per heavy atom. The van der Waals surface area contributed by atoms with Gasteiger partial charge in [-0.25, -0.2) is 4.79 Å². The Balaban J connectivity index is 1.97. The highest BCUT2D eigenvalue weighted by Crippen LogP contribution is 2.25. The van der Waals surface area contributed by atoms with E-state index in [0.717, 1.165) is 20.8 Å². The second-order valence-electron chi connectivity index (χ2n) is 4.65. The van der Waals surface area contributed by atoms with E-state index in [2.05, 4.69) is 31.1 Å². The number of halogens is 1. The second kappa shape index (κ2) is 6.07. The van der Waals surface area contributed by atoms with Crippen LogP contribution in [0.5, 0.6) is 0 Å². The van der Waals surface area contributed by atoms with E-state index in [1.807, 2.05) is 18.2 Å². The minimum absolute atomic E-state index is 0.228. The molecule has 7 heteroatoms. The predicted octanol–water partition coefficient (Wildman–Crippen LogP) is 3.47. The van der Waals surface area contributed by atoms with Crippen LogP contribution < -0.4 is 4.90 Å². The molecule has 1 N–H and O–H groups in total. The van der Waals surface area contributed by atoms with Crippen molar-refractivity contribution in [2.75, 3.05) is 4.90 Å². The summed E-state index contributed by atoms with van der Waals surface area (Å²) in [6.07, 6.45) is 5.34. The lowest BCUT2D eigenvalue weighted by Gasteiger charge is -2.19. The summed E-state index contributed by atoms with van der Waals surface area (Å²) in [6.45, 7) is 0.228. The van der Waals surface area contributed by atoms with Crippen molar-refractivity contribution in [1.29, 1.82) is 0 Å². The van der Waals surface area contributed by atoms with Gasteiger partial charge in [0.15, 0.2) is 0 Å².